The Morgan fingerprint density at radius 2 is 1.50 bits per heavy atom. The van der Waals surface area contributed by atoms with E-state index in [-0.39, 0.29) is 0 Å². The van der Waals surface area contributed by atoms with Gasteiger partial charge in [0.25, 0.3) is 0 Å². The average molecular weight is 250 g/mol. The van der Waals surface area contributed by atoms with E-state index in [4.69, 9.17) is 0 Å². The largest absolute Gasteiger partial charge is 0.320 e. The van der Waals surface area contributed by atoms with Gasteiger partial charge in [0.05, 0.1) is 0 Å². The van der Waals surface area contributed by atoms with Crippen molar-refractivity contribution in [1.29, 1.82) is 0 Å². The van der Waals surface area contributed by atoms with Crippen LogP contribution in [0, 0.1) is 23.2 Å². The SMILES string of the molecule is CNCCCNCCC12CC3CC(CC(C3)C1)C2. The van der Waals surface area contributed by atoms with Crippen molar-refractivity contribution in [2.45, 2.75) is 51.4 Å². The van der Waals surface area contributed by atoms with Crippen molar-refractivity contribution in [2.75, 3.05) is 26.7 Å². The molecule has 0 atom stereocenters. The minimum Gasteiger partial charge on any atom is -0.320 e. The highest BCUT2D eigenvalue weighted by atomic mass is 14.9. The lowest BCUT2D eigenvalue weighted by Crippen LogP contribution is -2.47. The molecule has 4 aliphatic carbocycles. The number of nitrogens with one attached hydrogen (secondary N) is 2. The Hall–Kier alpha value is -0.0800. The van der Waals surface area contributed by atoms with Crippen LogP contribution in [0.4, 0.5) is 0 Å². The fourth-order valence-electron chi connectivity index (χ4n) is 5.46. The molecular weight excluding hydrogens is 220 g/mol. The summed E-state index contributed by atoms with van der Waals surface area (Å²) >= 11 is 0. The molecule has 2 nitrogen and oxygen atoms in total. The van der Waals surface area contributed by atoms with Gasteiger partial charge in [0, 0.05) is 0 Å². The standard InChI is InChI=1S/C16H30N2/c1-17-4-2-5-18-6-3-16-10-13-7-14(11-16)9-15(8-13)12-16/h13-15,17-18H,2-12H2,1H3. The van der Waals surface area contributed by atoms with E-state index in [1.165, 1.54) is 25.9 Å². The van der Waals surface area contributed by atoms with Crippen LogP contribution < -0.4 is 10.6 Å². The molecule has 4 fully saturated rings. The first-order valence-corrected chi connectivity index (χ1v) is 8.15. The smallest absolute Gasteiger partial charge is 0.00368 e. The highest BCUT2D eigenvalue weighted by Gasteiger charge is 2.50. The Labute approximate surface area is 112 Å². The molecule has 0 aliphatic heterocycles. The number of hydrogen-bond donors (Lipinski definition) is 2. The second kappa shape index (κ2) is 5.50. The van der Waals surface area contributed by atoms with E-state index in [2.05, 4.69) is 10.6 Å². The van der Waals surface area contributed by atoms with E-state index in [0.717, 1.165) is 29.7 Å². The third kappa shape index (κ3) is 2.75. The van der Waals surface area contributed by atoms with Crippen molar-refractivity contribution in [3.05, 3.63) is 0 Å². The van der Waals surface area contributed by atoms with Crippen LogP contribution in [0.5, 0.6) is 0 Å². The summed E-state index contributed by atoms with van der Waals surface area (Å²) < 4.78 is 0. The predicted molar refractivity (Wildman–Crippen MR) is 76.6 cm³/mol. The first-order chi connectivity index (χ1) is 8.80. The summed E-state index contributed by atoms with van der Waals surface area (Å²) in [4.78, 5) is 0. The zero-order valence-corrected chi connectivity index (χ0v) is 12.0. The van der Waals surface area contributed by atoms with Gasteiger partial charge in [-0.05, 0) is 101 Å². The monoisotopic (exact) mass is 250 g/mol. The quantitative estimate of drug-likeness (QED) is 0.679. The third-order valence-electron chi connectivity index (χ3n) is 5.78. The molecule has 0 aromatic heterocycles. The first kappa shape index (κ1) is 12.9. The summed E-state index contributed by atoms with van der Waals surface area (Å²) in [7, 11) is 2.04. The Morgan fingerprint density at radius 3 is 2.06 bits per heavy atom. The maximum Gasteiger partial charge on any atom is -0.00368 e. The molecule has 0 aromatic rings. The van der Waals surface area contributed by atoms with Crippen molar-refractivity contribution in [3.63, 3.8) is 0 Å². The summed E-state index contributed by atoms with van der Waals surface area (Å²) in [6, 6.07) is 0. The van der Waals surface area contributed by atoms with Gasteiger partial charge >= 0.3 is 0 Å². The molecule has 0 radical (unpaired) electrons. The first-order valence-electron chi connectivity index (χ1n) is 8.15. The maximum absolute atomic E-state index is 3.66. The molecule has 2 N–H and O–H groups in total. The topological polar surface area (TPSA) is 24.1 Å². The van der Waals surface area contributed by atoms with E-state index >= 15 is 0 Å². The molecule has 18 heavy (non-hydrogen) atoms. The predicted octanol–water partition coefficient (Wildman–Crippen LogP) is 2.79. The van der Waals surface area contributed by atoms with Crippen LogP contribution in [0.25, 0.3) is 0 Å². The van der Waals surface area contributed by atoms with Crippen LogP contribution in [-0.4, -0.2) is 26.7 Å². The van der Waals surface area contributed by atoms with Gasteiger partial charge in [0.1, 0.15) is 0 Å². The second-order valence-electron chi connectivity index (χ2n) is 7.37. The lowest BCUT2D eigenvalue weighted by molar-refractivity contribution is -0.0567. The molecular formula is C16H30N2. The molecule has 0 heterocycles. The molecule has 0 amide bonds. The van der Waals surface area contributed by atoms with Gasteiger partial charge in [-0.2, -0.15) is 0 Å². The lowest BCUT2D eigenvalue weighted by Gasteiger charge is -2.57. The molecule has 0 spiro atoms. The number of rotatable bonds is 7. The minimum absolute atomic E-state index is 0.769. The Balaban J connectivity index is 1.42. The molecule has 2 heteroatoms. The zero-order chi connectivity index (χ0) is 12.4. The summed E-state index contributed by atoms with van der Waals surface area (Å²) in [6.07, 6.45) is 12.2. The molecule has 4 bridgehead atoms. The summed E-state index contributed by atoms with van der Waals surface area (Å²) in [5.74, 6) is 3.33. The van der Waals surface area contributed by atoms with Gasteiger partial charge in [0.15, 0.2) is 0 Å². The fourth-order valence-corrected chi connectivity index (χ4v) is 5.46. The Kier molecular flexibility index (Phi) is 3.95. The Bertz CT molecular complexity index is 239. The third-order valence-corrected chi connectivity index (χ3v) is 5.78. The van der Waals surface area contributed by atoms with Crippen LogP contribution >= 0.6 is 0 Å². The van der Waals surface area contributed by atoms with Crippen molar-refractivity contribution < 1.29 is 0 Å². The van der Waals surface area contributed by atoms with Crippen LogP contribution in [0.1, 0.15) is 51.4 Å². The van der Waals surface area contributed by atoms with Crippen LogP contribution in [0.3, 0.4) is 0 Å². The fraction of sp³-hybridized carbons (Fsp3) is 1.00. The average Bonchev–Trinajstić information content (AvgIpc) is 2.32. The number of hydrogen-bond acceptors (Lipinski definition) is 2. The van der Waals surface area contributed by atoms with E-state index in [1.807, 2.05) is 7.05 Å². The molecule has 4 rings (SSSR count). The van der Waals surface area contributed by atoms with E-state index in [9.17, 15) is 0 Å². The molecule has 0 saturated heterocycles. The van der Waals surface area contributed by atoms with Gasteiger partial charge in [-0.15, -0.1) is 0 Å². The molecule has 0 unspecified atom stereocenters. The van der Waals surface area contributed by atoms with E-state index < -0.39 is 0 Å². The maximum atomic E-state index is 3.66. The van der Waals surface area contributed by atoms with Gasteiger partial charge in [-0.1, -0.05) is 0 Å². The summed E-state index contributed by atoms with van der Waals surface area (Å²) in [5, 5.41) is 6.87. The van der Waals surface area contributed by atoms with Crippen molar-refractivity contribution in [2.24, 2.45) is 23.2 Å². The van der Waals surface area contributed by atoms with Crippen LogP contribution in [0.2, 0.25) is 0 Å². The van der Waals surface area contributed by atoms with Gasteiger partial charge in [0.2, 0.25) is 0 Å². The second-order valence-corrected chi connectivity index (χ2v) is 7.37. The minimum atomic E-state index is 0.769. The lowest BCUT2D eigenvalue weighted by atomic mass is 9.49. The van der Waals surface area contributed by atoms with Crippen molar-refractivity contribution in [3.8, 4) is 0 Å². The highest BCUT2D eigenvalue weighted by Crippen LogP contribution is 2.61. The normalized spacial score (nSPS) is 41.5. The summed E-state index contributed by atoms with van der Waals surface area (Å²) in [5.41, 5.74) is 0.769. The van der Waals surface area contributed by atoms with Crippen LogP contribution in [0.15, 0.2) is 0 Å². The van der Waals surface area contributed by atoms with Crippen molar-refractivity contribution >= 4 is 0 Å². The zero-order valence-electron chi connectivity index (χ0n) is 12.0. The van der Waals surface area contributed by atoms with Gasteiger partial charge in [-0.3, -0.25) is 0 Å². The molecule has 0 aromatic carbocycles. The summed E-state index contributed by atoms with van der Waals surface area (Å²) in [6.45, 7) is 3.59. The van der Waals surface area contributed by atoms with Crippen molar-refractivity contribution in [1.82, 2.24) is 10.6 Å². The van der Waals surface area contributed by atoms with Gasteiger partial charge in [-0.25, -0.2) is 0 Å². The molecule has 4 saturated carbocycles. The van der Waals surface area contributed by atoms with Gasteiger partial charge < -0.3 is 10.6 Å². The highest BCUT2D eigenvalue weighted by molar-refractivity contribution is 5.01. The molecule has 104 valence electrons. The van der Waals surface area contributed by atoms with Crippen LogP contribution in [-0.2, 0) is 0 Å². The Morgan fingerprint density at radius 1 is 0.889 bits per heavy atom. The molecule has 4 aliphatic rings. The van der Waals surface area contributed by atoms with E-state index in [0.29, 0.717) is 0 Å². The van der Waals surface area contributed by atoms with E-state index in [1.54, 1.807) is 38.5 Å².